The van der Waals surface area contributed by atoms with E-state index in [0.29, 0.717) is 17.3 Å². The van der Waals surface area contributed by atoms with Crippen molar-refractivity contribution in [1.82, 2.24) is 14.9 Å². The topological polar surface area (TPSA) is 78.5 Å². The van der Waals surface area contributed by atoms with Gasteiger partial charge in [-0.05, 0) is 44.4 Å². The molecule has 0 spiro atoms. The van der Waals surface area contributed by atoms with Crippen molar-refractivity contribution in [3.05, 3.63) is 17.0 Å². The average molecular weight is 358 g/mol. The van der Waals surface area contributed by atoms with Gasteiger partial charge in [0.25, 0.3) is 10.0 Å². The van der Waals surface area contributed by atoms with E-state index in [2.05, 4.69) is 10.6 Å². The fraction of sp³-hybridized carbons (Fsp3) is 0.667. The first kappa shape index (κ1) is 16.9. The highest BCUT2D eigenvalue weighted by Crippen LogP contribution is 2.27. The molecule has 23 heavy (non-hydrogen) atoms. The Morgan fingerprint density at radius 3 is 2.78 bits per heavy atom. The van der Waals surface area contributed by atoms with Gasteiger partial charge in [0.1, 0.15) is 4.21 Å². The third-order valence-corrected chi connectivity index (χ3v) is 7.74. The van der Waals surface area contributed by atoms with Crippen LogP contribution in [0.15, 0.2) is 16.3 Å². The van der Waals surface area contributed by atoms with Gasteiger partial charge in [0.05, 0.1) is 6.42 Å². The molecule has 2 N–H and O–H groups in total. The van der Waals surface area contributed by atoms with Crippen molar-refractivity contribution in [2.45, 2.75) is 42.4 Å². The maximum absolute atomic E-state index is 12.5. The summed E-state index contributed by atoms with van der Waals surface area (Å²) in [7, 11) is -3.37. The first-order chi connectivity index (χ1) is 11.1. The molecule has 2 fully saturated rings. The molecular formula is C15H23N3O3S2. The second kappa shape index (κ2) is 7.29. The number of carbonyl (C=O) groups is 1. The maximum Gasteiger partial charge on any atom is 0.252 e. The van der Waals surface area contributed by atoms with Gasteiger partial charge in [0, 0.05) is 30.6 Å². The molecule has 6 nitrogen and oxygen atoms in total. The van der Waals surface area contributed by atoms with Crippen LogP contribution in [0.3, 0.4) is 0 Å². The summed E-state index contributed by atoms with van der Waals surface area (Å²) in [4.78, 5) is 12.9. The number of carbonyl (C=O) groups excluding carboxylic acids is 1. The number of amides is 1. The molecule has 1 amide bonds. The smallest absolute Gasteiger partial charge is 0.252 e. The van der Waals surface area contributed by atoms with Crippen molar-refractivity contribution in [2.75, 3.05) is 26.2 Å². The molecule has 8 heteroatoms. The van der Waals surface area contributed by atoms with E-state index in [4.69, 9.17) is 0 Å². The van der Waals surface area contributed by atoms with Gasteiger partial charge in [-0.3, -0.25) is 4.79 Å². The molecular weight excluding hydrogens is 334 g/mol. The van der Waals surface area contributed by atoms with E-state index in [1.165, 1.54) is 15.6 Å². The lowest BCUT2D eigenvalue weighted by molar-refractivity contribution is -0.121. The summed E-state index contributed by atoms with van der Waals surface area (Å²) in [6, 6.07) is 3.57. The molecule has 0 aromatic carbocycles. The summed E-state index contributed by atoms with van der Waals surface area (Å²) >= 11 is 1.21. The van der Waals surface area contributed by atoms with E-state index in [1.54, 1.807) is 12.1 Å². The molecule has 0 unspecified atom stereocenters. The van der Waals surface area contributed by atoms with Crippen molar-refractivity contribution in [2.24, 2.45) is 0 Å². The van der Waals surface area contributed by atoms with Crippen molar-refractivity contribution in [3.63, 3.8) is 0 Å². The first-order valence-corrected chi connectivity index (χ1v) is 10.4. The Morgan fingerprint density at radius 1 is 1.30 bits per heavy atom. The Hall–Kier alpha value is -0.960. The quantitative estimate of drug-likeness (QED) is 0.822. The normalized spacial score (nSPS) is 23.0. The minimum absolute atomic E-state index is 0.0364. The number of piperidine rings is 1. The zero-order chi connectivity index (χ0) is 16.3. The van der Waals surface area contributed by atoms with E-state index < -0.39 is 10.0 Å². The lowest BCUT2D eigenvalue weighted by Crippen LogP contribution is -2.46. The lowest BCUT2D eigenvalue weighted by atomic mass is 10.1. The SMILES string of the molecule is O=C(Cc1ccc(S(=O)(=O)N2CCCC2)s1)N[C@H]1CCCNC1. The summed E-state index contributed by atoms with van der Waals surface area (Å²) in [5.74, 6) is -0.0364. The number of nitrogens with one attached hydrogen (secondary N) is 2. The predicted molar refractivity (Wildman–Crippen MR) is 90.1 cm³/mol. The van der Waals surface area contributed by atoms with E-state index in [1.807, 2.05) is 0 Å². The number of nitrogens with zero attached hydrogens (tertiary/aromatic N) is 1. The molecule has 1 atom stereocenters. The molecule has 0 radical (unpaired) electrons. The first-order valence-electron chi connectivity index (χ1n) is 8.14. The molecule has 1 aromatic heterocycles. The van der Waals surface area contributed by atoms with Crippen molar-refractivity contribution in [1.29, 1.82) is 0 Å². The second-order valence-corrected chi connectivity index (χ2v) is 9.45. The van der Waals surface area contributed by atoms with Crippen LogP contribution in [0.25, 0.3) is 0 Å². The molecule has 3 heterocycles. The number of rotatable bonds is 5. The number of hydrogen-bond donors (Lipinski definition) is 2. The Morgan fingerprint density at radius 2 is 2.09 bits per heavy atom. The second-order valence-electron chi connectivity index (χ2n) is 6.12. The summed E-state index contributed by atoms with van der Waals surface area (Å²) in [5, 5.41) is 6.28. The fourth-order valence-electron chi connectivity index (χ4n) is 3.06. The molecule has 0 saturated carbocycles. The molecule has 1 aromatic rings. The number of hydrogen-bond acceptors (Lipinski definition) is 5. The van der Waals surface area contributed by atoms with Crippen LogP contribution >= 0.6 is 11.3 Å². The van der Waals surface area contributed by atoms with Crippen LogP contribution in [0.5, 0.6) is 0 Å². The Bertz CT molecular complexity index is 645. The molecule has 0 aliphatic carbocycles. The van der Waals surface area contributed by atoms with Gasteiger partial charge >= 0.3 is 0 Å². The minimum atomic E-state index is -3.37. The third-order valence-electron chi connectivity index (χ3n) is 4.29. The molecule has 2 aliphatic heterocycles. The van der Waals surface area contributed by atoms with Crippen molar-refractivity contribution < 1.29 is 13.2 Å². The van der Waals surface area contributed by atoms with Crippen molar-refractivity contribution in [3.8, 4) is 0 Å². The summed E-state index contributed by atoms with van der Waals surface area (Å²) < 4.78 is 26.8. The van der Waals surface area contributed by atoms with Gasteiger partial charge in [-0.25, -0.2) is 8.42 Å². The maximum atomic E-state index is 12.5. The summed E-state index contributed by atoms with van der Waals surface area (Å²) in [6.45, 7) is 3.02. The van der Waals surface area contributed by atoms with Gasteiger partial charge in [-0.1, -0.05) is 0 Å². The molecule has 2 aliphatic rings. The van der Waals surface area contributed by atoms with Gasteiger partial charge in [0.15, 0.2) is 0 Å². The molecule has 2 saturated heterocycles. The standard InChI is InChI=1S/C15H23N3O3S2/c19-14(17-12-4-3-7-16-11-12)10-13-5-6-15(22-13)23(20,21)18-8-1-2-9-18/h5-6,12,16H,1-4,7-11H2,(H,17,19)/t12-/m0/s1. The molecule has 128 valence electrons. The van der Waals surface area contributed by atoms with Crippen LogP contribution in [0.4, 0.5) is 0 Å². The van der Waals surface area contributed by atoms with E-state index >= 15 is 0 Å². The summed E-state index contributed by atoms with van der Waals surface area (Å²) in [5.41, 5.74) is 0. The number of thiophene rings is 1. The third kappa shape index (κ3) is 4.12. The highest BCUT2D eigenvalue weighted by Gasteiger charge is 2.28. The highest BCUT2D eigenvalue weighted by molar-refractivity contribution is 7.91. The average Bonchev–Trinajstić information content (AvgIpc) is 3.20. The monoisotopic (exact) mass is 357 g/mol. The van der Waals surface area contributed by atoms with E-state index in [0.717, 1.165) is 43.6 Å². The van der Waals surface area contributed by atoms with Gasteiger partial charge in [0.2, 0.25) is 5.91 Å². The van der Waals surface area contributed by atoms with Crippen LogP contribution in [-0.2, 0) is 21.2 Å². The van der Waals surface area contributed by atoms with Gasteiger partial charge in [-0.15, -0.1) is 11.3 Å². The Balaban J connectivity index is 1.59. The molecule has 0 bridgehead atoms. The lowest BCUT2D eigenvalue weighted by Gasteiger charge is -2.23. The highest BCUT2D eigenvalue weighted by atomic mass is 32.2. The number of sulfonamides is 1. The Kier molecular flexibility index (Phi) is 5.35. The predicted octanol–water partition coefficient (Wildman–Crippen LogP) is 0.943. The largest absolute Gasteiger partial charge is 0.352 e. The fourth-order valence-corrected chi connectivity index (χ4v) is 6.09. The van der Waals surface area contributed by atoms with Gasteiger partial charge < -0.3 is 10.6 Å². The van der Waals surface area contributed by atoms with Crippen LogP contribution < -0.4 is 10.6 Å². The van der Waals surface area contributed by atoms with E-state index in [-0.39, 0.29) is 18.4 Å². The van der Waals surface area contributed by atoms with Crippen LogP contribution in [-0.4, -0.2) is 50.9 Å². The van der Waals surface area contributed by atoms with Crippen LogP contribution in [0.2, 0.25) is 0 Å². The van der Waals surface area contributed by atoms with Crippen molar-refractivity contribution >= 4 is 27.3 Å². The van der Waals surface area contributed by atoms with Crippen LogP contribution in [0.1, 0.15) is 30.6 Å². The summed E-state index contributed by atoms with van der Waals surface area (Å²) in [6.07, 6.45) is 4.17. The van der Waals surface area contributed by atoms with Gasteiger partial charge in [-0.2, -0.15) is 4.31 Å². The zero-order valence-electron chi connectivity index (χ0n) is 13.1. The molecule has 3 rings (SSSR count). The minimum Gasteiger partial charge on any atom is -0.352 e. The zero-order valence-corrected chi connectivity index (χ0v) is 14.7. The Labute approximate surface area is 141 Å². The van der Waals surface area contributed by atoms with E-state index in [9.17, 15) is 13.2 Å². The van der Waals surface area contributed by atoms with Crippen LogP contribution in [0, 0.1) is 0 Å².